The van der Waals surface area contributed by atoms with E-state index in [2.05, 4.69) is 24.9 Å². The highest BCUT2D eigenvalue weighted by molar-refractivity contribution is 6.23. The molecule has 154 valence electrons. The van der Waals surface area contributed by atoms with Gasteiger partial charge in [-0.2, -0.15) is 5.26 Å². The molecule has 0 amide bonds. The maximum Gasteiger partial charge on any atom is 0.328 e. The molecular formula is C22H12N6O4. The Morgan fingerprint density at radius 1 is 0.906 bits per heavy atom. The molecule has 4 N–H and O–H groups in total. The van der Waals surface area contributed by atoms with Crippen LogP contribution in [-0.4, -0.2) is 30.8 Å². The van der Waals surface area contributed by atoms with Crippen molar-refractivity contribution in [2.24, 2.45) is 4.99 Å². The molecule has 0 atom stereocenters. The molecule has 0 spiro atoms. The first-order valence-corrected chi connectivity index (χ1v) is 9.36. The first-order valence-electron chi connectivity index (χ1n) is 9.36. The number of para-hydroxylation sites is 1. The van der Waals surface area contributed by atoms with Crippen LogP contribution in [0.2, 0.25) is 0 Å². The molecule has 32 heavy (non-hydrogen) atoms. The van der Waals surface area contributed by atoms with Crippen molar-refractivity contribution in [2.75, 3.05) is 0 Å². The summed E-state index contributed by atoms with van der Waals surface area (Å²) in [4.78, 5) is 52.0. The predicted octanol–water partition coefficient (Wildman–Crippen LogP) is 1.25. The van der Waals surface area contributed by atoms with Gasteiger partial charge in [0.15, 0.2) is 5.82 Å². The first-order chi connectivity index (χ1) is 15.5. The summed E-state index contributed by atoms with van der Waals surface area (Å²) < 4.78 is 0. The minimum absolute atomic E-state index is 0.0179. The second kappa shape index (κ2) is 7.03. The van der Waals surface area contributed by atoms with Gasteiger partial charge in [0.25, 0.3) is 11.1 Å². The van der Waals surface area contributed by atoms with Crippen LogP contribution < -0.4 is 16.8 Å². The Balaban J connectivity index is 1.83. The average molecular weight is 424 g/mol. The Bertz CT molecular complexity index is 1720. The lowest BCUT2D eigenvalue weighted by atomic mass is 9.99. The second-order valence-corrected chi connectivity index (χ2v) is 6.90. The number of fused-ring (bicyclic) bond motifs is 2. The Kier molecular flexibility index (Phi) is 4.16. The lowest BCUT2D eigenvalue weighted by Gasteiger charge is -2.05. The molecule has 5 rings (SSSR count). The maximum atomic E-state index is 12.5. The molecule has 10 heteroatoms. The highest BCUT2D eigenvalue weighted by Crippen LogP contribution is 2.36. The number of nitrogens with one attached hydrogen (secondary N) is 3. The summed E-state index contributed by atoms with van der Waals surface area (Å²) in [5.41, 5.74) is -0.769. The van der Waals surface area contributed by atoms with Crippen LogP contribution in [0, 0.1) is 11.3 Å². The summed E-state index contributed by atoms with van der Waals surface area (Å²) >= 11 is 0. The van der Waals surface area contributed by atoms with Gasteiger partial charge in [0, 0.05) is 11.1 Å². The molecule has 0 unspecified atom stereocenters. The third kappa shape index (κ3) is 2.85. The molecule has 0 radical (unpaired) electrons. The fourth-order valence-corrected chi connectivity index (χ4v) is 3.63. The Labute approximate surface area is 177 Å². The number of nitriles is 1. The summed E-state index contributed by atoms with van der Waals surface area (Å²) in [6, 6.07) is 15.5. The smallest absolute Gasteiger partial charge is 0.328 e. The molecule has 2 aromatic heterocycles. The number of aromatic nitrogens is 4. The van der Waals surface area contributed by atoms with E-state index in [0.29, 0.717) is 22.0 Å². The molecule has 0 saturated carbocycles. The summed E-state index contributed by atoms with van der Waals surface area (Å²) in [6.45, 7) is 0. The lowest BCUT2D eigenvalue weighted by Crippen LogP contribution is -2.27. The number of aliphatic imine (C=N–C) groups is 1. The molecule has 3 heterocycles. The van der Waals surface area contributed by atoms with Crippen molar-refractivity contribution in [1.82, 2.24) is 19.9 Å². The van der Waals surface area contributed by atoms with Gasteiger partial charge in [0.2, 0.25) is 5.88 Å². The van der Waals surface area contributed by atoms with E-state index in [1.54, 1.807) is 48.5 Å². The fraction of sp³-hybridized carbons (Fsp3) is 0. The molecule has 0 fully saturated rings. The topological polar surface area (TPSA) is 168 Å². The SMILES string of the molecule is N#C/C(=C1\N=C(c2c(O)[nH]c(=O)[nH]c2=O)c2ccccc21)c1nc2ccccc2c(=O)[nH]1. The second-order valence-electron chi connectivity index (χ2n) is 6.90. The molecule has 4 aromatic rings. The van der Waals surface area contributed by atoms with Gasteiger partial charge in [0.05, 0.1) is 22.3 Å². The van der Waals surface area contributed by atoms with Crippen molar-refractivity contribution in [1.29, 1.82) is 5.26 Å². The van der Waals surface area contributed by atoms with Gasteiger partial charge < -0.3 is 10.1 Å². The zero-order chi connectivity index (χ0) is 22.4. The van der Waals surface area contributed by atoms with E-state index in [1.165, 1.54) is 0 Å². The Morgan fingerprint density at radius 3 is 2.38 bits per heavy atom. The number of nitrogens with zero attached hydrogens (tertiary/aromatic N) is 3. The molecule has 1 aliphatic rings. The average Bonchev–Trinajstić information content (AvgIpc) is 3.13. The molecule has 0 saturated heterocycles. The number of allylic oxidation sites excluding steroid dienone is 1. The van der Waals surface area contributed by atoms with Crippen molar-refractivity contribution in [3.63, 3.8) is 0 Å². The van der Waals surface area contributed by atoms with Crippen LogP contribution >= 0.6 is 0 Å². The highest BCUT2D eigenvalue weighted by Gasteiger charge is 2.29. The van der Waals surface area contributed by atoms with E-state index in [4.69, 9.17) is 0 Å². The van der Waals surface area contributed by atoms with E-state index < -0.39 is 22.7 Å². The van der Waals surface area contributed by atoms with E-state index in [9.17, 15) is 24.8 Å². The van der Waals surface area contributed by atoms with Crippen LogP contribution in [0.15, 0.2) is 67.9 Å². The summed E-state index contributed by atoms with van der Waals surface area (Å²) in [6.07, 6.45) is 0. The van der Waals surface area contributed by atoms with Gasteiger partial charge in [-0.3, -0.25) is 19.6 Å². The Hall–Kier alpha value is -5.04. The highest BCUT2D eigenvalue weighted by atomic mass is 16.3. The fourth-order valence-electron chi connectivity index (χ4n) is 3.63. The van der Waals surface area contributed by atoms with Crippen molar-refractivity contribution in [2.45, 2.75) is 0 Å². The number of hydrogen-bond acceptors (Lipinski definition) is 7. The number of aromatic amines is 3. The lowest BCUT2D eigenvalue weighted by molar-refractivity contribution is 0.447. The largest absolute Gasteiger partial charge is 0.494 e. The summed E-state index contributed by atoms with van der Waals surface area (Å²) in [5, 5.41) is 20.5. The van der Waals surface area contributed by atoms with E-state index in [1.807, 2.05) is 6.07 Å². The molecule has 0 aliphatic carbocycles. The van der Waals surface area contributed by atoms with E-state index in [-0.39, 0.29) is 28.4 Å². The maximum absolute atomic E-state index is 12.5. The van der Waals surface area contributed by atoms with Gasteiger partial charge in [-0.15, -0.1) is 0 Å². The Morgan fingerprint density at radius 2 is 1.62 bits per heavy atom. The normalized spacial score (nSPS) is 14.0. The third-order valence-corrected chi connectivity index (χ3v) is 5.02. The number of benzene rings is 2. The zero-order valence-electron chi connectivity index (χ0n) is 16.1. The van der Waals surface area contributed by atoms with Gasteiger partial charge in [0.1, 0.15) is 17.2 Å². The number of aromatic hydroxyl groups is 1. The number of H-pyrrole nitrogens is 3. The molecule has 0 bridgehead atoms. The molecule has 1 aliphatic heterocycles. The number of rotatable bonds is 2. The van der Waals surface area contributed by atoms with Crippen molar-refractivity contribution in [3.8, 4) is 11.9 Å². The first kappa shape index (κ1) is 19.0. The van der Waals surface area contributed by atoms with Crippen molar-refractivity contribution < 1.29 is 5.11 Å². The molecule has 10 nitrogen and oxygen atoms in total. The molecular weight excluding hydrogens is 412 g/mol. The van der Waals surface area contributed by atoms with Crippen LogP contribution in [0.25, 0.3) is 22.2 Å². The monoisotopic (exact) mass is 424 g/mol. The zero-order valence-corrected chi connectivity index (χ0v) is 16.1. The van der Waals surface area contributed by atoms with Crippen LogP contribution in [0.3, 0.4) is 0 Å². The predicted molar refractivity (Wildman–Crippen MR) is 116 cm³/mol. The standard InChI is InChI=1S/C22H12N6O4/c23-9-13(18-24-14-8-4-3-7-12(14)19(29)26-18)16-10-5-1-2-6-11(10)17(25-16)15-20(30)27-22(32)28-21(15)31/h1-8H,(H,24,26,29)(H3,27,28,30,31,32)/b16-13+. The van der Waals surface area contributed by atoms with Gasteiger partial charge in [-0.05, 0) is 12.1 Å². The summed E-state index contributed by atoms with van der Waals surface area (Å²) in [5.74, 6) is -0.630. The van der Waals surface area contributed by atoms with Gasteiger partial charge >= 0.3 is 5.69 Å². The third-order valence-electron chi connectivity index (χ3n) is 5.02. The van der Waals surface area contributed by atoms with Crippen LogP contribution in [0.4, 0.5) is 0 Å². The van der Waals surface area contributed by atoms with Crippen LogP contribution in [0.1, 0.15) is 22.5 Å². The van der Waals surface area contributed by atoms with Crippen LogP contribution in [0.5, 0.6) is 5.88 Å². The molecule has 2 aromatic carbocycles. The minimum atomic E-state index is -0.866. The van der Waals surface area contributed by atoms with Crippen molar-refractivity contribution in [3.05, 3.63) is 102 Å². The van der Waals surface area contributed by atoms with Gasteiger partial charge in [-0.1, -0.05) is 36.4 Å². The van der Waals surface area contributed by atoms with Crippen LogP contribution in [-0.2, 0) is 0 Å². The van der Waals surface area contributed by atoms with E-state index in [0.717, 1.165) is 0 Å². The minimum Gasteiger partial charge on any atom is -0.494 e. The van der Waals surface area contributed by atoms with Gasteiger partial charge in [-0.25, -0.2) is 14.8 Å². The van der Waals surface area contributed by atoms with E-state index >= 15 is 0 Å². The number of hydrogen-bond donors (Lipinski definition) is 4. The van der Waals surface area contributed by atoms with Crippen molar-refractivity contribution >= 4 is 27.9 Å². The summed E-state index contributed by atoms with van der Waals surface area (Å²) in [7, 11) is 0. The quantitative estimate of drug-likeness (QED) is 0.353.